The Morgan fingerprint density at radius 2 is 1.77 bits per heavy atom. The third-order valence-electron chi connectivity index (χ3n) is 5.46. The molecule has 1 aromatic rings. The minimum atomic E-state index is -0.514. The lowest BCUT2D eigenvalue weighted by Gasteiger charge is -2.38. The fourth-order valence-electron chi connectivity index (χ4n) is 3.69. The van der Waals surface area contributed by atoms with Gasteiger partial charge in [-0.15, -0.1) is 0 Å². The fraction of sp³-hybridized carbons (Fsp3) is 0.667. The number of rotatable bonds is 6. The molecule has 0 aliphatic carbocycles. The Kier molecular flexibility index (Phi) is 8.16. The first kappa shape index (κ1) is 24.0. The van der Waals surface area contributed by atoms with Gasteiger partial charge < -0.3 is 19.3 Å². The molecule has 2 amide bonds. The summed E-state index contributed by atoms with van der Waals surface area (Å²) in [6, 6.07) is 8.00. The molecule has 0 N–H and O–H groups in total. The van der Waals surface area contributed by atoms with Crippen molar-refractivity contribution in [2.75, 3.05) is 20.1 Å². The lowest BCUT2D eigenvalue weighted by atomic mass is 10.0. The highest BCUT2D eigenvalue weighted by Crippen LogP contribution is 2.28. The van der Waals surface area contributed by atoms with Crippen LogP contribution >= 0.6 is 0 Å². The minimum Gasteiger partial charge on any atom is -0.480 e. The number of carbonyl (C=O) groups is 2. The quantitative estimate of drug-likeness (QED) is 0.664. The number of carbonyl (C=O) groups excluding carboxylic acids is 2. The number of ether oxygens (including phenoxy) is 2. The predicted octanol–water partition coefficient (Wildman–Crippen LogP) is 4.83. The Hall–Kier alpha value is -2.24. The van der Waals surface area contributed by atoms with Crippen LogP contribution in [0.4, 0.5) is 4.79 Å². The van der Waals surface area contributed by atoms with E-state index < -0.39 is 11.7 Å². The largest absolute Gasteiger partial charge is 0.480 e. The van der Waals surface area contributed by atoms with Gasteiger partial charge in [0.15, 0.2) is 6.10 Å². The van der Waals surface area contributed by atoms with E-state index in [9.17, 15) is 9.59 Å². The van der Waals surface area contributed by atoms with Crippen LogP contribution in [0.15, 0.2) is 24.3 Å². The first-order valence-electron chi connectivity index (χ1n) is 11.0. The van der Waals surface area contributed by atoms with Crippen LogP contribution < -0.4 is 4.74 Å². The molecule has 1 aliphatic rings. The second-order valence-corrected chi connectivity index (χ2v) is 9.35. The van der Waals surface area contributed by atoms with Crippen LogP contribution in [0.2, 0.25) is 0 Å². The molecule has 30 heavy (non-hydrogen) atoms. The zero-order valence-electron chi connectivity index (χ0n) is 19.6. The highest BCUT2D eigenvalue weighted by Gasteiger charge is 2.32. The molecule has 1 unspecified atom stereocenters. The number of likely N-dealkylation sites (tertiary alicyclic amines) is 1. The standard InChI is InChI=1S/C24H38N2O4/c1-8-20(29-21-12-10-9-11-19(21)17(2)3)22(27)26-15-13-18(14-16-26)25(7)23(28)30-24(4,5)6/h9-12,17-18,20H,8,13-16H2,1-7H3. The zero-order chi connectivity index (χ0) is 22.5. The molecule has 1 atom stereocenters. The van der Waals surface area contributed by atoms with Crippen molar-refractivity contribution in [1.29, 1.82) is 0 Å². The van der Waals surface area contributed by atoms with Gasteiger partial charge in [-0.05, 0) is 57.6 Å². The van der Waals surface area contributed by atoms with E-state index >= 15 is 0 Å². The highest BCUT2D eigenvalue weighted by atomic mass is 16.6. The smallest absolute Gasteiger partial charge is 0.410 e. The van der Waals surface area contributed by atoms with Gasteiger partial charge in [-0.3, -0.25) is 4.79 Å². The predicted molar refractivity (Wildman–Crippen MR) is 119 cm³/mol. The van der Waals surface area contributed by atoms with Gasteiger partial charge in [-0.2, -0.15) is 0 Å². The molecule has 1 fully saturated rings. The van der Waals surface area contributed by atoms with Crippen LogP contribution in [0.1, 0.15) is 72.3 Å². The first-order chi connectivity index (χ1) is 14.0. The molecule has 168 valence electrons. The molecule has 1 aromatic carbocycles. The maximum Gasteiger partial charge on any atom is 0.410 e. The van der Waals surface area contributed by atoms with Crippen LogP contribution in [-0.2, 0) is 9.53 Å². The highest BCUT2D eigenvalue weighted by molar-refractivity contribution is 5.81. The lowest BCUT2D eigenvalue weighted by molar-refractivity contribution is -0.140. The Bertz CT molecular complexity index is 718. The molecule has 0 aromatic heterocycles. The van der Waals surface area contributed by atoms with E-state index in [2.05, 4.69) is 19.9 Å². The fourth-order valence-corrected chi connectivity index (χ4v) is 3.69. The van der Waals surface area contributed by atoms with Crippen molar-refractivity contribution in [3.05, 3.63) is 29.8 Å². The van der Waals surface area contributed by atoms with Gasteiger partial charge >= 0.3 is 6.09 Å². The topological polar surface area (TPSA) is 59.1 Å². The Labute approximate surface area is 181 Å². The number of piperidine rings is 1. The normalized spacial score (nSPS) is 16.3. The summed E-state index contributed by atoms with van der Waals surface area (Å²) >= 11 is 0. The summed E-state index contributed by atoms with van der Waals surface area (Å²) in [5.41, 5.74) is 0.599. The number of para-hydroxylation sites is 1. The third-order valence-corrected chi connectivity index (χ3v) is 5.46. The van der Waals surface area contributed by atoms with Gasteiger partial charge in [-0.1, -0.05) is 39.0 Å². The molecule has 0 saturated carbocycles. The summed E-state index contributed by atoms with van der Waals surface area (Å²) in [4.78, 5) is 29.0. The Morgan fingerprint density at radius 3 is 2.30 bits per heavy atom. The molecule has 1 aliphatic heterocycles. The van der Waals surface area contributed by atoms with Crippen molar-refractivity contribution in [1.82, 2.24) is 9.80 Å². The van der Waals surface area contributed by atoms with E-state index in [1.165, 1.54) is 0 Å². The summed E-state index contributed by atoms with van der Waals surface area (Å²) in [5.74, 6) is 1.13. The average molecular weight is 419 g/mol. The average Bonchev–Trinajstić information content (AvgIpc) is 2.70. The number of benzene rings is 1. The molecule has 6 nitrogen and oxygen atoms in total. The van der Waals surface area contributed by atoms with Gasteiger partial charge in [0.05, 0.1) is 0 Å². The van der Waals surface area contributed by atoms with Gasteiger partial charge in [0.2, 0.25) is 0 Å². The maximum atomic E-state index is 13.1. The minimum absolute atomic E-state index is 0.0226. The SMILES string of the molecule is CCC(Oc1ccccc1C(C)C)C(=O)N1CCC(N(C)C(=O)OC(C)(C)C)CC1. The summed E-state index contributed by atoms with van der Waals surface area (Å²) < 4.78 is 11.6. The van der Waals surface area contributed by atoms with E-state index in [-0.39, 0.29) is 18.0 Å². The molecular weight excluding hydrogens is 380 g/mol. The van der Waals surface area contributed by atoms with Gasteiger partial charge in [0.1, 0.15) is 11.4 Å². The van der Waals surface area contributed by atoms with Crippen molar-refractivity contribution in [2.24, 2.45) is 0 Å². The van der Waals surface area contributed by atoms with Gasteiger partial charge in [0, 0.05) is 26.2 Å². The Balaban J connectivity index is 1.96. The molecule has 0 bridgehead atoms. The van der Waals surface area contributed by atoms with Crippen LogP contribution in [0.3, 0.4) is 0 Å². The maximum absolute atomic E-state index is 13.1. The summed E-state index contributed by atoms with van der Waals surface area (Å²) in [5, 5.41) is 0. The van der Waals surface area contributed by atoms with Gasteiger partial charge in [0.25, 0.3) is 5.91 Å². The number of nitrogens with zero attached hydrogens (tertiary/aromatic N) is 2. The number of hydrogen-bond donors (Lipinski definition) is 0. The third kappa shape index (κ3) is 6.38. The zero-order valence-corrected chi connectivity index (χ0v) is 19.6. The first-order valence-corrected chi connectivity index (χ1v) is 11.0. The second kappa shape index (κ2) is 10.2. The monoisotopic (exact) mass is 418 g/mol. The van der Waals surface area contributed by atoms with Crippen molar-refractivity contribution in [2.45, 2.75) is 84.5 Å². The molecular formula is C24H38N2O4. The van der Waals surface area contributed by atoms with Crippen LogP contribution in [0, 0.1) is 0 Å². The van der Waals surface area contributed by atoms with Crippen LogP contribution in [0.5, 0.6) is 5.75 Å². The molecule has 0 spiro atoms. The summed E-state index contributed by atoms with van der Waals surface area (Å²) in [6.45, 7) is 13.0. The van der Waals surface area contributed by atoms with Crippen LogP contribution in [-0.4, -0.2) is 59.7 Å². The van der Waals surface area contributed by atoms with Crippen molar-refractivity contribution in [3.8, 4) is 5.75 Å². The van der Waals surface area contributed by atoms with Crippen LogP contribution in [0.25, 0.3) is 0 Å². The second-order valence-electron chi connectivity index (χ2n) is 9.35. The molecule has 0 radical (unpaired) electrons. The van der Waals surface area contributed by atoms with E-state index in [4.69, 9.17) is 9.47 Å². The van der Waals surface area contributed by atoms with Gasteiger partial charge in [-0.25, -0.2) is 4.79 Å². The summed E-state index contributed by atoms with van der Waals surface area (Å²) in [7, 11) is 1.77. The van der Waals surface area contributed by atoms with Crippen molar-refractivity contribution >= 4 is 12.0 Å². The van der Waals surface area contributed by atoms with E-state index in [0.717, 1.165) is 24.2 Å². The van der Waals surface area contributed by atoms with E-state index in [1.54, 1.807) is 11.9 Å². The molecule has 1 saturated heterocycles. The number of hydrogen-bond acceptors (Lipinski definition) is 4. The van der Waals surface area contributed by atoms with E-state index in [0.29, 0.717) is 25.4 Å². The Morgan fingerprint density at radius 1 is 1.17 bits per heavy atom. The lowest BCUT2D eigenvalue weighted by Crippen LogP contribution is -2.51. The van der Waals surface area contributed by atoms with E-state index in [1.807, 2.05) is 50.8 Å². The van der Waals surface area contributed by atoms with Crippen molar-refractivity contribution < 1.29 is 19.1 Å². The number of amides is 2. The summed E-state index contributed by atoms with van der Waals surface area (Å²) in [6.07, 6.45) is 1.28. The molecule has 6 heteroatoms. The van der Waals surface area contributed by atoms with Crippen molar-refractivity contribution in [3.63, 3.8) is 0 Å². The molecule has 2 rings (SSSR count). The molecule has 1 heterocycles.